The predicted molar refractivity (Wildman–Crippen MR) is 165 cm³/mol. The Morgan fingerprint density at radius 1 is 0.415 bits per heavy atom. The Hall–Kier alpha value is -5.90. The third-order valence-corrected chi connectivity index (χ3v) is 7.58. The smallest absolute Gasteiger partial charge is 0.143 e. The molecule has 0 aliphatic heterocycles. The fourth-order valence-corrected chi connectivity index (χ4v) is 5.61. The van der Waals surface area contributed by atoms with Crippen molar-refractivity contribution in [3.05, 3.63) is 145 Å². The average molecular weight is 523 g/mol. The Bertz CT molecular complexity index is 2080. The van der Waals surface area contributed by atoms with E-state index in [2.05, 4.69) is 54.6 Å². The predicted octanol–water partition coefficient (Wildman–Crippen LogP) is 10.00. The summed E-state index contributed by atoms with van der Waals surface area (Å²) in [5.41, 5.74) is 10.5. The van der Waals surface area contributed by atoms with Gasteiger partial charge >= 0.3 is 0 Å². The van der Waals surface area contributed by atoms with Crippen LogP contribution in [0.3, 0.4) is 0 Å². The topological polar surface area (TPSA) is 60.7 Å². The summed E-state index contributed by atoms with van der Waals surface area (Å²) in [6, 6.07) is 49.0. The quantitative estimate of drug-likeness (QED) is 0.231. The number of hydrogen-bond acceptors (Lipinski definition) is 3. The zero-order chi connectivity index (χ0) is 27.8. The van der Waals surface area contributed by atoms with Crippen LogP contribution in [0, 0.1) is 22.7 Å². The molecular weight excluding hydrogens is 500 g/mol. The molecule has 3 heteroatoms. The number of nitriles is 2. The molecule has 3 nitrogen and oxygen atoms in total. The maximum Gasteiger partial charge on any atom is 0.143 e. The van der Waals surface area contributed by atoms with E-state index >= 15 is 0 Å². The first-order valence-electron chi connectivity index (χ1n) is 13.4. The van der Waals surface area contributed by atoms with Crippen LogP contribution in [-0.2, 0) is 0 Å². The number of hydrogen-bond donors (Lipinski definition) is 0. The van der Waals surface area contributed by atoms with Gasteiger partial charge < -0.3 is 4.42 Å². The molecule has 0 saturated heterocycles. The summed E-state index contributed by atoms with van der Waals surface area (Å²) in [7, 11) is 0. The molecule has 0 amide bonds. The number of para-hydroxylation sites is 2. The zero-order valence-electron chi connectivity index (χ0n) is 22.0. The van der Waals surface area contributed by atoms with Gasteiger partial charge in [0, 0.05) is 33.0 Å². The van der Waals surface area contributed by atoms with Gasteiger partial charge in [0.05, 0.1) is 17.2 Å². The molecule has 0 saturated carbocycles. The van der Waals surface area contributed by atoms with Crippen LogP contribution < -0.4 is 0 Å². The van der Waals surface area contributed by atoms with Gasteiger partial charge in [-0.05, 0) is 46.5 Å². The first-order valence-corrected chi connectivity index (χ1v) is 13.4. The third kappa shape index (κ3) is 4.14. The number of nitrogens with zero attached hydrogens (tertiary/aromatic N) is 2. The normalized spacial score (nSPS) is 10.9. The molecule has 6 aromatic carbocycles. The number of furan rings is 1. The van der Waals surface area contributed by atoms with Crippen LogP contribution in [0.1, 0.15) is 11.1 Å². The molecule has 0 aliphatic rings. The minimum Gasteiger partial charge on any atom is -0.455 e. The van der Waals surface area contributed by atoms with E-state index in [-0.39, 0.29) is 0 Å². The van der Waals surface area contributed by atoms with E-state index in [9.17, 15) is 10.5 Å². The Balaban J connectivity index is 1.50. The molecule has 0 radical (unpaired) electrons. The van der Waals surface area contributed by atoms with Crippen molar-refractivity contribution < 1.29 is 4.42 Å². The highest BCUT2D eigenvalue weighted by molar-refractivity contribution is 6.13. The van der Waals surface area contributed by atoms with Crippen molar-refractivity contribution in [3.8, 4) is 56.6 Å². The van der Waals surface area contributed by atoms with Gasteiger partial charge in [-0.2, -0.15) is 10.5 Å². The van der Waals surface area contributed by atoms with Crippen molar-refractivity contribution in [1.29, 1.82) is 10.5 Å². The van der Waals surface area contributed by atoms with Gasteiger partial charge in [0.1, 0.15) is 17.2 Å². The van der Waals surface area contributed by atoms with E-state index in [4.69, 9.17) is 4.42 Å². The third-order valence-electron chi connectivity index (χ3n) is 7.58. The van der Waals surface area contributed by atoms with Gasteiger partial charge in [-0.25, -0.2) is 0 Å². The van der Waals surface area contributed by atoms with Gasteiger partial charge in [0.2, 0.25) is 0 Å². The Morgan fingerprint density at radius 2 is 0.902 bits per heavy atom. The van der Waals surface area contributed by atoms with Crippen LogP contribution >= 0.6 is 0 Å². The number of rotatable bonds is 4. The Labute approximate surface area is 237 Å². The minimum atomic E-state index is 0.622. The van der Waals surface area contributed by atoms with Crippen molar-refractivity contribution >= 4 is 21.9 Å². The van der Waals surface area contributed by atoms with Crippen molar-refractivity contribution in [1.82, 2.24) is 0 Å². The largest absolute Gasteiger partial charge is 0.455 e. The lowest BCUT2D eigenvalue weighted by Crippen LogP contribution is -1.93. The highest BCUT2D eigenvalue weighted by atomic mass is 16.3. The van der Waals surface area contributed by atoms with Crippen LogP contribution in [0.4, 0.5) is 0 Å². The van der Waals surface area contributed by atoms with Crippen molar-refractivity contribution in [2.75, 3.05) is 0 Å². The first kappa shape index (κ1) is 24.2. The van der Waals surface area contributed by atoms with Gasteiger partial charge in [-0.1, -0.05) is 109 Å². The second-order valence-electron chi connectivity index (χ2n) is 9.95. The molecule has 1 heterocycles. The average Bonchev–Trinajstić information content (AvgIpc) is 3.44. The van der Waals surface area contributed by atoms with E-state index in [1.807, 2.05) is 91.0 Å². The molecular formula is C38H22N2O. The molecule has 0 N–H and O–H groups in total. The maximum atomic E-state index is 10.3. The maximum absolute atomic E-state index is 10.3. The second kappa shape index (κ2) is 10.0. The van der Waals surface area contributed by atoms with E-state index in [1.54, 1.807) is 0 Å². The van der Waals surface area contributed by atoms with Crippen LogP contribution in [0.5, 0.6) is 0 Å². The summed E-state index contributed by atoms with van der Waals surface area (Å²) in [6.07, 6.45) is 0. The van der Waals surface area contributed by atoms with Gasteiger partial charge in [0.25, 0.3) is 0 Å². The van der Waals surface area contributed by atoms with Gasteiger partial charge in [0.15, 0.2) is 0 Å². The molecule has 41 heavy (non-hydrogen) atoms. The molecule has 0 atom stereocenters. The first-order chi connectivity index (χ1) is 20.2. The van der Waals surface area contributed by atoms with Crippen molar-refractivity contribution in [2.45, 2.75) is 0 Å². The molecule has 7 aromatic rings. The molecule has 0 unspecified atom stereocenters. The molecule has 0 fully saturated rings. The van der Waals surface area contributed by atoms with Gasteiger partial charge in [-0.15, -0.1) is 0 Å². The minimum absolute atomic E-state index is 0.622. The monoisotopic (exact) mass is 522 g/mol. The van der Waals surface area contributed by atoms with Crippen LogP contribution in [-0.4, -0.2) is 0 Å². The fourth-order valence-electron chi connectivity index (χ4n) is 5.61. The van der Waals surface area contributed by atoms with Crippen LogP contribution in [0.25, 0.3) is 66.4 Å². The fraction of sp³-hybridized carbons (Fsp3) is 0. The molecule has 0 aliphatic carbocycles. The second-order valence-corrected chi connectivity index (χ2v) is 9.95. The summed E-state index contributed by atoms with van der Waals surface area (Å²) in [5, 5.41) is 21.6. The Kier molecular flexibility index (Phi) is 5.90. The summed E-state index contributed by atoms with van der Waals surface area (Å²) in [5.74, 6) is 0. The lowest BCUT2D eigenvalue weighted by atomic mass is 9.88. The van der Waals surface area contributed by atoms with Gasteiger partial charge in [-0.3, -0.25) is 0 Å². The molecule has 190 valence electrons. The SMILES string of the molecule is N#Cc1ccc(-c2cccc3c2oc2c(-c4cc(-c5ccccc5)c(C#N)c(-c5ccccc5)c4)cccc23)cc1. The molecule has 0 spiro atoms. The summed E-state index contributed by atoms with van der Waals surface area (Å²) < 4.78 is 6.70. The highest BCUT2D eigenvalue weighted by Gasteiger charge is 2.19. The molecule has 0 bridgehead atoms. The van der Waals surface area contributed by atoms with E-state index in [1.165, 1.54) is 0 Å². The van der Waals surface area contributed by atoms with Crippen LogP contribution in [0.2, 0.25) is 0 Å². The lowest BCUT2D eigenvalue weighted by Gasteiger charge is -2.14. The summed E-state index contributed by atoms with van der Waals surface area (Å²) in [6.45, 7) is 0. The van der Waals surface area contributed by atoms with Crippen molar-refractivity contribution in [3.63, 3.8) is 0 Å². The zero-order valence-corrected chi connectivity index (χ0v) is 22.0. The molecule has 7 rings (SSSR count). The van der Waals surface area contributed by atoms with E-state index in [0.717, 1.165) is 66.4 Å². The molecule has 1 aromatic heterocycles. The number of benzene rings is 6. The standard InChI is InChI=1S/C38H22N2O/c39-23-25-17-19-28(20-18-25)30-13-7-15-32-33-16-8-14-31(38(33)41-37(30)32)29-21-34(26-9-3-1-4-10-26)36(24-40)35(22-29)27-11-5-2-6-12-27/h1-22H. The number of fused-ring (bicyclic) bond motifs is 3. The van der Waals surface area contributed by atoms with Crippen molar-refractivity contribution in [2.24, 2.45) is 0 Å². The van der Waals surface area contributed by atoms with E-state index < -0.39 is 0 Å². The van der Waals surface area contributed by atoms with Crippen LogP contribution in [0.15, 0.2) is 138 Å². The Morgan fingerprint density at radius 3 is 1.39 bits per heavy atom. The highest BCUT2D eigenvalue weighted by Crippen LogP contribution is 2.42. The van der Waals surface area contributed by atoms with E-state index in [0.29, 0.717) is 11.1 Å². The summed E-state index contributed by atoms with van der Waals surface area (Å²) >= 11 is 0. The lowest BCUT2D eigenvalue weighted by molar-refractivity contribution is 0.671. The summed E-state index contributed by atoms with van der Waals surface area (Å²) in [4.78, 5) is 0.